The molecule has 0 saturated heterocycles. The van der Waals surface area contributed by atoms with Crippen LogP contribution in [0.15, 0.2) is 42.5 Å². The fraction of sp³-hybridized carbons (Fsp3) is 0.615. The molecule has 1 saturated carbocycles. The second-order valence-corrected chi connectivity index (χ2v) is 8.90. The first-order valence-corrected chi connectivity index (χ1v) is 11.6. The second kappa shape index (κ2) is 13.4. The number of unbranched alkanes of at least 4 members (excludes halogenated alkanes) is 1. The maximum absolute atomic E-state index is 12.3. The van der Waals surface area contributed by atoms with Gasteiger partial charge in [-0.2, -0.15) is 0 Å². The minimum atomic E-state index is -0.555. The van der Waals surface area contributed by atoms with Crippen molar-refractivity contribution in [2.24, 2.45) is 11.8 Å². The smallest absolute Gasteiger partial charge is 0.306 e. The summed E-state index contributed by atoms with van der Waals surface area (Å²) in [5.41, 5.74) is 1.16. The Morgan fingerprint density at radius 3 is 2.45 bits per heavy atom. The highest BCUT2D eigenvalue weighted by Gasteiger charge is 2.40. The minimum Gasteiger partial charge on any atom is -0.463 e. The number of esters is 1. The molecule has 0 spiro atoms. The lowest BCUT2D eigenvalue weighted by atomic mass is 9.86. The summed E-state index contributed by atoms with van der Waals surface area (Å²) in [7, 11) is 0. The van der Waals surface area contributed by atoms with E-state index in [0.717, 1.165) is 24.8 Å². The molecular formula is C26H38O5. The molecule has 0 amide bonds. The van der Waals surface area contributed by atoms with Gasteiger partial charge in [-0.15, -0.1) is 0 Å². The van der Waals surface area contributed by atoms with E-state index in [-0.39, 0.29) is 29.7 Å². The maximum atomic E-state index is 12.3. The van der Waals surface area contributed by atoms with Crippen LogP contribution in [0.4, 0.5) is 0 Å². The molecule has 1 aliphatic carbocycles. The molecule has 2 N–H and O–H groups in total. The molecule has 4 unspecified atom stereocenters. The first kappa shape index (κ1) is 25.3. The van der Waals surface area contributed by atoms with Crippen molar-refractivity contribution in [1.29, 1.82) is 0 Å². The monoisotopic (exact) mass is 430 g/mol. The molecule has 0 aromatic heterocycles. The molecule has 5 nitrogen and oxygen atoms in total. The third-order valence-electron chi connectivity index (χ3n) is 6.01. The van der Waals surface area contributed by atoms with Crippen LogP contribution in [0, 0.1) is 11.8 Å². The molecular weight excluding hydrogens is 392 g/mol. The van der Waals surface area contributed by atoms with Crippen LogP contribution in [0.2, 0.25) is 0 Å². The number of carbonyl (C=O) groups excluding carboxylic acids is 2. The molecule has 0 heterocycles. The number of rotatable bonds is 13. The highest BCUT2D eigenvalue weighted by Crippen LogP contribution is 2.38. The summed E-state index contributed by atoms with van der Waals surface area (Å²) >= 11 is 0. The van der Waals surface area contributed by atoms with Crippen molar-refractivity contribution in [1.82, 2.24) is 0 Å². The van der Waals surface area contributed by atoms with Gasteiger partial charge in [0.25, 0.3) is 0 Å². The van der Waals surface area contributed by atoms with E-state index in [2.05, 4.69) is 0 Å². The molecule has 0 radical (unpaired) electrons. The highest BCUT2D eigenvalue weighted by molar-refractivity contribution is 5.78. The zero-order chi connectivity index (χ0) is 22.6. The van der Waals surface area contributed by atoms with Crippen molar-refractivity contribution in [3.05, 3.63) is 48.0 Å². The number of hydrogen-bond acceptors (Lipinski definition) is 5. The number of allylic oxidation sites excluding steroid dienone is 2. The van der Waals surface area contributed by atoms with E-state index in [1.807, 2.05) is 56.3 Å². The van der Waals surface area contributed by atoms with Crippen LogP contribution in [-0.2, 0) is 20.7 Å². The first-order chi connectivity index (χ1) is 14.9. The van der Waals surface area contributed by atoms with Crippen molar-refractivity contribution in [2.75, 3.05) is 0 Å². The Kier molecular flexibility index (Phi) is 11.0. The molecule has 4 atom stereocenters. The molecule has 0 bridgehead atoms. The Bertz CT molecular complexity index is 697. The van der Waals surface area contributed by atoms with Crippen LogP contribution in [0.3, 0.4) is 0 Å². The molecule has 0 aliphatic heterocycles. The van der Waals surface area contributed by atoms with Gasteiger partial charge in [-0.25, -0.2) is 0 Å². The molecule has 1 aromatic carbocycles. The Morgan fingerprint density at radius 1 is 1.03 bits per heavy atom. The van der Waals surface area contributed by atoms with Crippen LogP contribution in [0.1, 0.15) is 70.8 Å². The van der Waals surface area contributed by atoms with Crippen LogP contribution < -0.4 is 0 Å². The lowest BCUT2D eigenvalue weighted by Gasteiger charge is -2.22. The quantitative estimate of drug-likeness (QED) is 0.275. The van der Waals surface area contributed by atoms with Gasteiger partial charge >= 0.3 is 5.97 Å². The molecule has 1 aliphatic rings. The average Bonchev–Trinajstić information content (AvgIpc) is 3.00. The summed E-state index contributed by atoms with van der Waals surface area (Å²) in [5, 5.41) is 20.7. The SMILES string of the molecule is CC(C)OC(=O)CCCC=CCC1C(O)CC(O)C1CCC(=O)CCc1ccccc1. The lowest BCUT2D eigenvalue weighted by molar-refractivity contribution is -0.147. The Morgan fingerprint density at radius 2 is 1.74 bits per heavy atom. The van der Waals surface area contributed by atoms with Crippen LogP contribution in [-0.4, -0.2) is 40.3 Å². The number of aryl methyl sites for hydroxylation is 1. The molecule has 5 heteroatoms. The molecule has 1 aromatic rings. The van der Waals surface area contributed by atoms with Gasteiger partial charge in [0.1, 0.15) is 5.78 Å². The zero-order valence-electron chi connectivity index (χ0n) is 18.9. The number of Topliss-reactive ketones (excluding diaryl/α,β-unsaturated/α-hetero) is 1. The Balaban J connectivity index is 1.71. The summed E-state index contributed by atoms with van der Waals surface area (Å²) in [6.07, 6.45) is 8.17. The fourth-order valence-corrected chi connectivity index (χ4v) is 4.34. The second-order valence-electron chi connectivity index (χ2n) is 8.90. The highest BCUT2D eigenvalue weighted by atomic mass is 16.5. The molecule has 2 rings (SSSR count). The summed E-state index contributed by atoms with van der Waals surface area (Å²) in [6.45, 7) is 3.68. The van der Waals surface area contributed by atoms with Gasteiger partial charge in [-0.3, -0.25) is 9.59 Å². The normalized spacial score (nSPS) is 23.5. The number of carbonyl (C=O) groups is 2. The van der Waals surface area contributed by atoms with Crippen molar-refractivity contribution < 1.29 is 24.5 Å². The summed E-state index contributed by atoms with van der Waals surface area (Å²) in [4.78, 5) is 23.9. The van der Waals surface area contributed by atoms with Gasteiger partial charge in [0.15, 0.2) is 0 Å². The number of aliphatic hydroxyl groups is 2. The first-order valence-electron chi connectivity index (χ1n) is 11.6. The van der Waals surface area contributed by atoms with Gasteiger partial charge in [0.05, 0.1) is 18.3 Å². The topological polar surface area (TPSA) is 83.8 Å². The van der Waals surface area contributed by atoms with Gasteiger partial charge < -0.3 is 14.9 Å². The lowest BCUT2D eigenvalue weighted by Crippen LogP contribution is -2.22. The van der Waals surface area contributed by atoms with E-state index in [9.17, 15) is 19.8 Å². The average molecular weight is 431 g/mol. The number of aliphatic hydroxyl groups excluding tert-OH is 2. The van der Waals surface area contributed by atoms with Crippen LogP contribution >= 0.6 is 0 Å². The number of ether oxygens (including phenoxy) is 1. The standard InChI is InChI=1S/C26H38O5/c1-19(2)31-26(30)13-9-4-3-8-12-22-23(25(29)18-24(22)28)17-16-21(27)15-14-20-10-6-5-7-11-20/h3,5-8,10-11,19,22-25,28-29H,4,9,12-18H2,1-2H3. The number of hydrogen-bond donors (Lipinski definition) is 2. The van der Waals surface area contributed by atoms with E-state index in [4.69, 9.17) is 4.74 Å². The third kappa shape index (κ3) is 9.36. The fourth-order valence-electron chi connectivity index (χ4n) is 4.34. The Labute approximate surface area is 186 Å². The predicted molar refractivity (Wildman–Crippen MR) is 121 cm³/mol. The van der Waals surface area contributed by atoms with Gasteiger partial charge in [-0.1, -0.05) is 42.5 Å². The maximum Gasteiger partial charge on any atom is 0.306 e. The van der Waals surface area contributed by atoms with E-state index in [1.165, 1.54) is 0 Å². The molecule has 172 valence electrons. The number of ketones is 1. The largest absolute Gasteiger partial charge is 0.463 e. The van der Waals surface area contributed by atoms with E-state index < -0.39 is 12.2 Å². The van der Waals surface area contributed by atoms with Crippen LogP contribution in [0.5, 0.6) is 0 Å². The van der Waals surface area contributed by atoms with Crippen molar-refractivity contribution >= 4 is 11.8 Å². The van der Waals surface area contributed by atoms with Gasteiger partial charge in [0, 0.05) is 19.3 Å². The Hall–Kier alpha value is -1.98. The summed E-state index contributed by atoms with van der Waals surface area (Å²) in [5.74, 6) is -0.0461. The van der Waals surface area contributed by atoms with E-state index in [1.54, 1.807) is 0 Å². The van der Waals surface area contributed by atoms with Gasteiger partial charge in [-0.05, 0) is 69.8 Å². The van der Waals surface area contributed by atoms with Crippen molar-refractivity contribution in [3.63, 3.8) is 0 Å². The zero-order valence-corrected chi connectivity index (χ0v) is 18.9. The van der Waals surface area contributed by atoms with E-state index in [0.29, 0.717) is 38.5 Å². The minimum absolute atomic E-state index is 0.0286. The molecule has 31 heavy (non-hydrogen) atoms. The summed E-state index contributed by atoms with van der Waals surface area (Å²) < 4.78 is 5.12. The van der Waals surface area contributed by atoms with Crippen molar-refractivity contribution in [2.45, 2.75) is 89.9 Å². The third-order valence-corrected chi connectivity index (χ3v) is 6.01. The van der Waals surface area contributed by atoms with Crippen LogP contribution in [0.25, 0.3) is 0 Å². The van der Waals surface area contributed by atoms with E-state index >= 15 is 0 Å². The molecule has 1 fully saturated rings. The van der Waals surface area contributed by atoms with Crippen molar-refractivity contribution in [3.8, 4) is 0 Å². The number of benzene rings is 1. The summed E-state index contributed by atoms with van der Waals surface area (Å²) in [6, 6.07) is 9.98. The van der Waals surface area contributed by atoms with Gasteiger partial charge in [0.2, 0.25) is 0 Å². The predicted octanol–water partition coefficient (Wildman–Crippen LogP) is 4.39.